The second-order valence-corrected chi connectivity index (χ2v) is 9.05. The van der Waals surface area contributed by atoms with Crippen LogP contribution >= 0.6 is 11.6 Å². The number of rotatable bonds is 4. The quantitative estimate of drug-likeness (QED) is 0.543. The molecule has 1 amide bonds. The number of carbonyl (C=O) groups is 1. The number of para-hydroxylation sites is 1. The third-order valence-electron chi connectivity index (χ3n) is 6.63. The molecule has 3 heterocycles. The summed E-state index contributed by atoms with van der Waals surface area (Å²) in [5, 5.41) is 1.73. The lowest BCUT2D eigenvalue weighted by molar-refractivity contribution is -0.142. The van der Waals surface area contributed by atoms with Gasteiger partial charge >= 0.3 is 0 Å². The number of nitrogens with zero attached hydrogens (tertiary/aromatic N) is 2. The van der Waals surface area contributed by atoms with Crippen molar-refractivity contribution < 1.29 is 9.53 Å². The maximum Gasteiger partial charge on any atom is 0.251 e. The molecule has 5 rings (SSSR count). The van der Waals surface area contributed by atoms with Gasteiger partial charge in [-0.15, -0.1) is 0 Å². The Morgan fingerprint density at radius 2 is 1.84 bits per heavy atom. The van der Waals surface area contributed by atoms with Crippen molar-refractivity contribution in [2.24, 2.45) is 5.92 Å². The van der Waals surface area contributed by atoms with Crippen LogP contribution in [-0.4, -0.2) is 41.6 Å². The molecule has 31 heavy (non-hydrogen) atoms. The first kappa shape index (κ1) is 20.5. The van der Waals surface area contributed by atoms with Gasteiger partial charge in [0.15, 0.2) is 0 Å². The molecule has 160 valence electrons. The molecule has 2 fully saturated rings. The van der Waals surface area contributed by atoms with E-state index in [1.54, 1.807) is 0 Å². The van der Waals surface area contributed by atoms with Crippen molar-refractivity contribution in [1.82, 2.24) is 9.88 Å². The Morgan fingerprint density at radius 3 is 2.58 bits per heavy atom. The van der Waals surface area contributed by atoms with Gasteiger partial charge in [0, 0.05) is 36.8 Å². The van der Waals surface area contributed by atoms with E-state index in [-0.39, 0.29) is 12.0 Å². The molecule has 5 heteroatoms. The fourth-order valence-electron chi connectivity index (χ4n) is 4.80. The van der Waals surface area contributed by atoms with Crippen molar-refractivity contribution in [3.8, 4) is 11.1 Å². The van der Waals surface area contributed by atoms with Gasteiger partial charge in [0.25, 0.3) is 5.91 Å². The first-order valence-electron chi connectivity index (χ1n) is 11.2. The van der Waals surface area contributed by atoms with Crippen LogP contribution in [0.4, 0.5) is 0 Å². The zero-order valence-corrected chi connectivity index (χ0v) is 18.4. The van der Waals surface area contributed by atoms with Crippen LogP contribution < -0.4 is 0 Å². The fourth-order valence-corrected chi connectivity index (χ4v) is 5.11. The van der Waals surface area contributed by atoms with Crippen LogP contribution in [0.15, 0.2) is 54.7 Å². The van der Waals surface area contributed by atoms with Gasteiger partial charge in [-0.2, -0.15) is 0 Å². The molecule has 2 aromatic carbocycles. The summed E-state index contributed by atoms with van der Waals surface area (Å²) >= 11 is 6.68. The Labute approximate surface area is 188 Å². The summed E-state index contributed by atoms with van der Waals surface area (Å²) in [6.45, 7) is 2.42. The Morgan fingerprint density at radius 1 is 1.06 bits per heavy atom. The number of likely N-dealkylation sites (tertiary alicyclic amines) is 1. The van der Waals surface area contributed by atoms with Gasteiger partial charge in [-0.1, -0.05) is 54.1 Å². The summed E-state index contributed by atoms with van der Waals surface area (Å²) in [6.07, 6.45) is 6.71. The number of ether oxygens (including phenoxy) is 1. The molecule has 0 aliphatic carbocycles. The van der Waals surface area contributed by atoms with Crippen molar-refractivity contribution in [3.63, 3.8) is 0 Å². The number of hydrogen-bond donors (Lipinski definition) is 0. The number of carbonyl (C=O) groups excluding carboxylic acids is 1. The normalized spacial score (nSPS) is 19.8. The fraction of sp³-hybridized carbons (Fsp3) is 0.385. The zero-order valence-electron chi connectivity index (χ0n) is 17.6. The molecule has 1 atom stereocenters. The lowest BCUT2D eigenvalue weighted by Gasteiger charge is -2.33. The highest BCUT2D eigenvalue weighted by atomic mass is 35.5. The average Bonchev–Trinajstić information content (AvgIpc) is 3.35. The number of pyridine rings is 1. The predicted octanol–water partition coefficient (Wildman–Crippen LogP) is 5.52. The molecule has 3 aromatic rings. The van der Waals surface area contributed by atoms with Gasteiger partial charge < -0.3 is 9.64 Å². The van der Waals surface area contributed by atoms with E-state index in [1.165, 1.54) is 5.56 Å². The molecular formula is C26H27ClN2O2. The summed E-state index contributed by atoms with van der Waals surface area (Å²) in [4.78, 5) is 19.1. The van der Waals surface area contributed by atoms with Crippen molar-refractivity contribution >= 4 is 28.4 Å². The van der Waals surface area contributed by atoms with Crippen LogP contribution in [0.3, 0.4) is 0 Å². The van der Waals surface area contributed by atoms with Crippen molar-refractivity contribution in [2.75, 3.05) is 19.7 Å². The SMILES string of the molecule is O=C(C1CCCO1)N1CCC(Cc2ccc(-c3cnc4ccccc4c3Cl)cc2)CC1. The van der Waals surface area contributed by atoms with Crippen LogP contribution in [0.2, 0.25) is 5.02 Å². The van der Waals surface area contributed by atoms with Crippen LogP contribution in [-0.2, 0) is 16.0 Å². The van der Waals surface area contributed by atoms with E-state index in [1.807, 2.05) is 35.4 Å². The predicted molar refractivity (Wildman–Crippen MR) is 124 cm³/mol. The van der Waals surface area contributed by atoms with Crippen LogP contribution in [0, 0.1) is 5.92 Å². The van der Waals surface area contributed by atoms with Gasteiger partial charge in [0.05, 0.1) is 10.5 Å². The van der Waals surface area contributed by atoms with E-state index < -0.39 is 0 Å². The number of benzene rings is 2. The van der Waals surface area contributed by atoms with Gasteiger partial charge in [-0.05, 0) is 55.2 Å². The Hall–Kier alpha value is -2.43. The monoisotopic (exact) mass is 434 g/mol. The molecule has 2 saturated heterocycles. The molecule has 0 bridgehead atoms. The number of halogens is 1. The van der Waals surface area contributed by atoms with E-state index in [0.29, 0.717) is 5.92 Å². The van der Waals surface area contributed by atoms with Crippen molar-refractivity contribution in [1.29, 1.82) is 0 Å². The van der Waals surface area contributed by atoms with Crippen molar-refractivity contribution in [2.45, 2.75) is 38.2 Å². The van der Waals surface area contributed by atoms with Crippen molar-refractivity contribution in [3.05, 3.63) is 65.3 Å². The van der Waals surface area contributed by atoms with Gasteiger partial charge in [0.2, 0.25) is 0 Å². The molecule has 1 aromatic heterocycles. The highest BCUT2D eigenvalue weighted by molar-refractivity contribution is 6.38. The summed E-state index contributed by atoms with van der Waals surface area (Å²) in [7, 11) is 0. The molecule has 0 radical (unpaired) electrons. The zero-order chi connectivity index (χ0) is 21.2. The molecule has 4 nitrogen and oxygen atoms in total. The third kappa shape index (κ3) is 4.32. The summed E-state index contributed by atoms with van der Waals surface area (Å²) in [5.41, 5.74) is 4.30. The summed E-state index contributed by atoms with van der Waals surface area (Å²) in [5.74, 6) is 0.812. The minimum atomic E-state index is -0.194. The van der Waals surface area contributed by atoms with E-state index in [4.69, 9.17) is 16.3 Å². The van der Waals surface area contributed by atoms with Crippen LogP contribution in [0.5, 0.6) is 0 Å². The first-order chi connectivity index (χ1) is 15.2. The maximum atomic E-state index is 12.5. The molecule has 1 unspecified atom stereocenters. The first-order valence-corrected chi connectivity index (χ1v) is 11.6. The number of amides is 1. The van der Waals surface area contributed by atoms with Gasteiger partial charge in [-0.3, -0.25) is 9.78 Å². The molecule has 2 aliphatic rings. The highest BCUT2D eigenvalue weighted by Gasteiger charge is 2.30. The lowest BCUT2D eigenvalue weighted by atomic mass is 9.89. The number of piperidine rings is 1. The van der Waals surface area contributed by atoms with Crippen LogP contribution in [0.25, 0.3) is 22.0 Å². The summed E-state index contributed by atoms with van der Waals surface area (Å²) in [6, 6.07) is 16.6. The molecule has 0 saturated carbocycles. The standard InChI is InChI=1S/C26H27ClN2O2/c27-25-21-4-1-2-5-23(21)28-17-22(25)20-9-7-18(8-10-20)16-19-11-13-29(14-12-19)26(30)24-6-3-15-31-24/h1-2,4-5,7-10,17,19,24H,3,6,11-16H2. The second-order valence-electron chi connectivity index (χ2n) is 8.67. The van der Waals surface area contributed by atoms with E-state index >= 15 is 0 Å². The minimum Gasteiger partial charge on any atom is -0.368 e. The minimum absolute atomic E-state index is 0.194. The molecule has 0 N–H and O–H groups in total. The van der Waals surface area contributed by atoms with Gasteiger partial charge in [-0.25, -0.2) is 0 Å². The van der Waals surface area contributed by atoms with E-state index in [9.17, 15) is 4.79 Å². The molecule has 0 spiro atoms. The second kappa shape index (κ2) is 8.97. The Kier molecular flexibility index (Phi) is 5.93. The average molecular weight is 435 g/mol. The highest BCUT2D eigenvalue weighted by Crippen LogP contribution is 2.33. The summed E-state index contributed by atoms with van der Waals surface area (Å²) < 4.78 is 5.57. The Balaban J connectivity index is 1.21. The Bertz CT molecular complexity index is 1070. The number of fused-ring (bicyclic) bond motifs is 1. The number of hydrogen-bond acceptors (Lipinski definition) is 3. The van der Waals surface area contributed by atoms with E-state index in [2.05, 4.69) is 29.2 Å². The molecule has 2 aliphatic heterocycles. The van der Waals surface area contributed by atoms with Crippen LogP contribution in [0.1, 0.15) is 31.2 Å². The lowest BCUT2D eigenvalue weighted by Crippen LogP contribution is -2.44. The number of aromatic nitrogens is 1. The van der Waals surface area contributed by atoms with E-state index in [0.717, 1.165) is 78.9 Å². The smallest absolute Gasteiger partial charge is 0.251 e. The molecular weight excluding hydrogens is 408 g/mol. The maximum absolute atomic E-state index is 12.5. The largest absolute Gasteiger partial charge is 0.368 e. The topological polar surface area (TPSA) is 42.4 Å². The van der Waals surface area contributed by atoms with Gasteiger partial charge in [0.1, 0.15) is 6.10 Å². The third-order valence-corrected chi connectivity index (χ3v) is 7.04.